The molecule has 0 fully saturated rings. The second-order valence-corrected chi connectivity index (χ2v) is 7.06. The van der Waals surface area contributed by atoms with Crippen LogP contribution in [0.1, 0.15) is 33.4 Å². The zero-order valence-electron chi connectivity index (χ0n) is 12.6. The van der Waals surface area contributed by atoms with Crippen LogP contribution in [0.2, 0.25) is 0 Å². The van der Waals surface area contributed by atoms with Gasteiger partial charge in [0.2, 0.25) is 0 Å². The predicted molar refractivity (Wildman–Crippen MR) is 94.5 cm³/mol. The number of thioether (sulfide) groups is 1. The van der Waals surface area contributed by atoms with Gasteiger partial charge in [0, 0.05) is 16.1 Å². The summed E-state index contributed by atoms with van der Waals surface area (Å²) in [7, 11) is 0. The number of aryl methyl sites for hydroxylation is 1. The van der Waals surface area contributed by atoms with E-state index in [-0.39, 0.29) is 0 Å². The Labute approximate surface area is 136 Å². The summed E-state index contributed by atoms with van der Waals surface area (Å²) in [4.78, 5) is 1.42. The molecule has 4 rings (SSSR count). The van der Waals surface area contributed by atoms with Gasteiger partial charge in [0.05, 0.1) is 0 Å². The molecule has 2 unspecified atom stereocenters. The van der Waals surface area contributed by atoms with E-state index < -0.39 is 0 Å². The lowest BCUT2D eigenvalue weighted by Gasteiger charge is -2.20. The van der Waals surface area contributed by atoms with E-state index >= 15 is 0 Å². The molecule has 0 radical (unpaired) electrons. The van der Waals surface area contributed by atoms with Crippen molar-refractivity contribution in [3.63, 3.8) is 0 Å². The Balaban J connectivity index is 1.86. The van der Waals surface area contributed by atoms with Gasteiger partial charge >= 0.3 is 0 Å². The van der Waals surface area contributed by atoms with Crippen molar-refractivity contribution in [2.24, 2.45) is 0 Å². The summed E-state index contributed by atoms with van der Waals surface area (Å²) in [6.45, 7) is 2.18. The summed E-state index contributed by atoms with van der Waals surface area (Å²) < 4.78 is 0. The van der Waals surface area contributed by atoms with Gasteiger partial charge in [0.1, 0.15) is 0 Å². The number of hydrogen-bond acceptors (Lipinski definition) is 1. The lowest BCUT2D eigenvalue weighted by atomic mass is 9.85. The Hall–Kier alpha value is -1.99. The van der Waals surface area contributed by atoms with Gasteiger partial charge in [0.15, 0.2) is 0 Å². The van der Waals surface area contributed by atoms with Gasteiger partial charge in [-0.25, -0.2) is 0 Å². The number of rotatable bonds is 2. The van der Waals surface area contributed by atoms with E-state index in [1.807, 2.05) is 11.8 Å². The van der Waals surface area contributed by atoms with Crippen molar-refractivity contribution in [1.82, 2.24) is 0 Å². The topological polar surface area (TPSA) is 0 Å². The Morgan fingerprint density at radius 3 is 2.05 bits per heavy atom. The van der Waals surface area contributed by atoms with Gasteiger partial charge in [-0.3, -0.25) is 0 Å². The highest BCUT2D eigenvalue weighted by Crippen LogP contribution is 2.56. The second kappa shape index (κ2) is 5.66. The van der Waals surface area contributed by atoms with E-state index in [0.717, 1.165) is 0 Å². The largest absolute Gasteiger partial charge is 0.117 e. The van der Waals surface area contributed by atoms with E-state index in [1.54, 1.807) is 0 Å². The summed E-state index contributed by atoms with van der Waals surface area (Å²) in [5.41, 5.74) is 5.64. The lowest BCUT2D eigenvalue weighted by molar-refractivity contribution is 0.796. The zero-order valence-corrected chi connectivity index (χ0v) is 13.4. The van der Waals surface area contributed by atoms with E-state index in [2.05, 4.69) is 85.8 Å². The van der Waals surface area contributed by atoms with E-state index in [9.17, 15) is 0 Å². The van der Waals surface area contributed by atoms with Crippen molar-refractivity contribution in [2.45, 2.75) is 23.0 Å². The quantitative estimate of drug-likeness (QED) is 0.561. The fourth-order valence-electron chi connectivity index (χ4n) is 3.30. The minimum absolute atomic E-state index is 0.434. The first kappa shape index (κ1) is 13.7. The lowest BCUT2D eigenvalue weighted by Crippen LogP contribution is -2.05. The van der Waals surface area contributed by atoms with Gasteiger partial charge in [-0.1, -0.05) is 78.4 Å². The summed E-state index contributed by atoms with van der Waals surface area (Å²) in [6.07, 6.45) is 0. The predicted octanol–water partition coefficient (Wildman–Crippen LogP) is 5.97. The van der Waals surface area contributed by atoms with Crippen molar-refractivity contribution >= 4 is 11.8 Å². The first-order chi connectivity index (χ1) is 10.8. The molecule has 22 heavy (non-hydrogen) atoms. The molecular weight excluding hydrogens is 284 g/mol. The molecule has 0 spiro atoms. The van der Waals surface area contributed by atoms with Crippen LogP contribution in [-0.4, -0.2) is 0 Å². The molecule has 2 atom stereocenters. The molecule has 3 aromatic carbocycles. The van der Waals surface area contributed by atoms with Crippen molar-refractivity contribution in [3.8, 4) is 0 Å². The fourth-order valence-corrected chi connectivity index (χ4v) is 4.78. The molecule has 0 aliphatic carbocycles. The van der Waals surface area contributed by atoms with Gasteiger partial charge in [-0.2, -0.15) is 0 Å². The smallest absolute Gasteiger partial charge is 0.0454 e. The van der Waals surface area contributed by atoms with Crippen LogP contribution < -0.4 is 0 Å². The molecule has 0 nitrogen and oxygen atoms in total. The van der Waals surface area contributed by atoms with E-state index in [0.29, 0.717) is 11.2 Å². The molecular formula is C21H18S. The van der Waals surface area contributed by atoms with Crippen LogP contribution in [0.15, 0.2) is 83.8 Å². The monoisotopic (exact) mass is 302 g/mol. The van der Waals surface area contributed by atoms with Crippen LogP contribution in [0.4, 0.5) is 0 Å². The Kier molecular flexibility index (Phi) is 3.51. The molecule has 0 aromatic heterocycles. The van der Waals surface area contributed by atoms with Crippen molar-refractivity contribution < 1.29 is 0 Å². The molecule has 0 amide bonds. The van der Waals surface area contributed by atoms with Gasteiger partial charge < -0.3 is 0 Å². The van der Waals surface area contributed by atoms with E-state index in [4.69, 9.17) is 0 Å². The van der Waals surface area contributed by atoms with Crippen LogP contribution in [0, 0.1) is 6.92 Å². The third-order valence-electron chi connectivity index (χ3n) is 4.34. The zero-order chi connectivity index (χ0) is 14.9. The molecule has 0 saturated heterocycles. The highest BCUT2D eigenvalue weighted by Gasteiger charge is 2.35. The summed E-state index contributed by atoms with van der Waals surface area (Å²) >= 11 is 2.00. The third-order valence-corrected chi connectivity index (χ3v) is 5.77. The van der Waals surface area contributed by atoms with Crippen LogP contribution >= 0.6 is 11.8 Å². The van der Waals surface area contributed by atoms with Crippen molar-refractivity contribution in [3.05, 3.63) is 101 Å². The Bertz CT molecular complexity index is 778. The molecule has 1 heterocycles. The molecule has 3 aromatic rings. The maximum atomic E-state index is 2.36. The molecule has 1 aliphatic heterocycles. The molecule has 0 bridgehead atoms. The minimum atomic E-state index is 0.434. The standard InChI is InChI=1S/C21H18S/c1-15-12-13-19-18(14-15)20(16-8-4-2-5-9-16)21(22-19)17-10-6-3-7-11-17/h2-14,20-21H,1H3. The number of fused-ring (bicyclic) bond motifs is 1. The highest BCUT2D eigenvalue weighted by molar-refractivity contribution is 8.00. The average Bonchev–Trinajstić information content (AvgIpc) is 2.95. The van der Waals surface area contributed by atoms with Crippen LogP contribution in [-0.2, 0) is 0 Å². The minimum Gasteiger partial charge on any atom is -0.117 e. The summed E-state index contributed by atoms with van der Waals surface area (Å²) in [5, 5.41) is 0.459. The molecule has 1 aliphatic rings. The van der Waals surface area contributed by atoms with Gasteiger partial charge in [-0.15, -0.1) is 11.8 Å². The first-order valence-electron chi connectivity index (χ1n) is 7.70. The molecule has 0 N–H and O–H groups in total. The molecule has 0 saturated carbocycles. The Morgan fingerprint density at radius 1 is 0.727 bits per heavy atom. The number of benzene rings is 3. The third kappa shape index (κ3) is 2.36. The van der Waals surface area contributed by atoms with Gasteiger partial charge in [0.25, 0.3) is 0 Å². The Morgan fingerprint density at radius 2 is 1.36 bits per heavy atom. The SMILES string of the molecule is Cc1ccc2c(c1)C(c1ccccc1)C(c1ccccc1)S2. The van der Waals surface area contributed by atoms with Crippen LogP contribution in [0.25, 0.3) is 0 Å². The highest BCUT2D eigenvalue weighted by atomic mass is 32.2. The first-order valence-corrected chi connectivity index (χ1v) is 8.58. The maximum Gasteiger partial charge on any atom is 0.0454 e. The molecule has 108 valence electrons. The van der Waals surface area contributed by atoms with Crippen molar-refractivity contribution in [2.75, 3.05) is 0 Å². The van der Waals surface area contributed by atoms with E-state index in [1.165, 1.54) is 27.1 Å². The normalized spacial score (nSPS) is 19.9. The fraction of sp³-hybridized carbons (Fsp3) is 0.143. The maximum absolute atomic E-state index is 2.36. The summed E-state index contributed by atoms with van der Waals surface area (Å²) in [6, 6.07) is 28.7. The van der Waals surface area contributed by atoms with Gasteiger partial charge in [-0.05, 0) is 29.7 Å². The average molecular weight is 302 g/mol. The second-order valence-electron chi connectivity index (χ2n) is 5.88. The summed E-state index contributed by atoms with van der Waals surface area (Å²) in [5.74, 6) is 0.434. The van der Waals surface area contributed by atoms with Crippen LogP contribution in [0.3, 0.4) is 0 Å². The number of hydrogen-bond donors (Lipinski definition) is 0. The van der Waals surface area contributed by atoms with Crippen LogP contribution in [0.5, 0.6) is 0 Å². The van der Waals surface area contributed by atoms with Crippen molar-refractivity contribution in [1.29, 1.82) is 0 Å². The molecule has 1 heteroatoms.